The van der Waals surface area contributed by atoms with E-state index >= 15 is 0 Å². The van der Waals surface area contributed by atoms with Crippen molar-refractivity contribution >= 4 is 11.6 Å². The summed E-state index contributed by atoms with van der Waals surface area (Å²) >= 11 is 0. The first-order valence-corrected chi connectivity index (χ1v) is 5.48. The number of alkyl halides is 1. The van der Waals surface area contributed by atoms with Crippen molar-refractivity contribution in [2.24, 2.45) is 0 Å². The van der Waals surface area contributed by atoms with E-state index in [1.54, 1.807) is 24.3 Å². The maximum Gasteiger partial charge on any atom is 0.229 e. The molecule has 0 bridgehead atoms. The molecule has 92 valence electrons. The van der Waals surface area contributed by atoms with Crippen LogP contribution in [0.4, 0.5) is 10.1 Å². The van der Waals surface area contributed by atoms with Crippen LogP contribution in [0.3, 0.4) is 0 Å². The fourth-order valence-electron chi connectivity index (χ4n) is 1.87. The number of aliphatic hydroxyl groups excluding tert-OH is 1. The maximum absolute atomic E-state index is 12.1. The van der Waals surface area contributed by atoms with Gasteiger partial charge in [0.25, 0.3) is 0 Å². The van der Waals surface area contributed by atoms with Crippen LogP contribution in [-0.2, 0) is 4.79 Å². The molecule has 1 aliphatic rings. The van der Waals surface area contributed by atoms with Gasteiger partial charge in [0, 0.05) is 0 Å². The highest BCUT2D eigenvalue weighted by atomic mass is 19.1. The highest BCUT2D eigenvalue weighted by Gasteiger charge is 2.30. The summed E-state index contributed by atoms with van der Waals surface area (Å²) in [5, 5.41) is 9.43. The Balaban J connectivity index is 2.22. The Bertz CT molecular complexity index is 410. The fourth-order valence-corrected chi connectivity index (χ4v) is 1.87. The van der Waals surface area contributed by atoms with Crippen LogP contribution in [-0.4, -0.2) is 36.9 Å². The van der Waals surface area contributed by atoms with Gasteiger partial charge in [0.2, 0.25) is 5.91 Å². The van der Waals surface area contributed by atoms with Gasteiger partial charge >= 0.3 is 0 Å². The van der Waals surface area contributed by atoms with Crippen LogP contribution in [0.2, 0.25) is 0 Å². The Labute approximate surface area is 98.6 Å². The summed E-state index contributed by atoms with van der Waals surface area (Å²) in [7, 11) is 0. The van der Waals surface area contributed by atoms with Gasteiger partial charge in [-0.05, 0) is 12.1 Å². The molecule has 5 heteroatoms. The van der Waals surface area contributed by atoms with E-state index in [1.807, 2.05) is 0 Å². The van der Waals surface area contributed by atoms with Crippen LogP contribution in [0.15, 0.2) is 24.3 Å². The molecule has 1 fully saturated rings. The number of rotatable bonds is 4. The van der Waals surface area contributed by atoms with Crippen molar-refractivity contribution in [3.05, 3.63) is 24.3 Å². The largest absolute Gasteiger partial charge is 0.489 e. The van der Waals surface area contributed by atoms with Crippen LogP contribution in [0.5, 0.6) is 5.75 Å². The molecule has 1 N–H and O–H groups in total. The molecule has 1 aromatic rings. The maximum atomic E-state index is 12.1. The van der Waals surface area contributed by atoms with Crippen LogP contribution in [0.25, 0.3) is 0 Å². The number of amides is 1. The minimum absolute atomic E-state index is 0.0401. The second-order valence-electron chi connectivity index (χ2n) is 3.87. The molecule has 0 radical (unpaired) electrons. The quantitative estimate of drug-likeness (QED) is 0.857. The molecule has 1 heterocycles. The van der Waals surface area contributed by atoms with Crippen molar-refractivity contribution in [3.63, 3.8) is 0 Å². The number of aliphatic hydroxyl groups is 1. The predicted molar refractivity (Wildman–Crippen MR) is 60.9 cm³/mol. The number of β-amino-alcohol motifs (C(OH)–C–C–N with tert-alkyl or cyclic N) is 1. The Morgan fingerprint density at radius 1 is 1.47 bits per heavy atom. The number of ether oxygens (including phenoxy) is 1. The van der Waals surface area contributed by atoms with Gasteiger partial charge in [0.15, 0.2) is 0 Å². The zero-order valence-electron chi connectivity index (χ0n) is 9.30. The highest BCUT2D eigenvalue weighted by Crippen LogP contribution is 2.31. The smallest absolute Gasteiger partial charge is 0.229 e. The van der Waals surface area contributed by atoms with Crippen molar-refractivity contribution in [1.29, 1.82) is 0 Å². The lowest BCUT2D eigenvalue weighted by molar-refractivity contribution is -0.117. The third-order valence-corrected chi connectivity index (χ3v) is 2.60. The Morgan fingerprint density at radius 2 is 2.24 bits per heavy atom. The number of para-hydroxylation sites is 2. The van der Waals surface area contributed by atoms with Gasteiger partial charge in [-0.2, -0.15) is 0 Å². The van der Waals surface area contributed by atoms with Crippen LogP contribution in [0, 0.1) is 0 Å². The van der Waals surface area contributed by atoms with Crippen molar-refractivity contribution in [3.8, 4) is 5.75 Å². The number of anilines is 1. The molecule has 0 spiro atoms. The van der Waals surface area contributed by atoms with E-state index in [2.05, 4.69) is 0 Å². The van der Waals surface area contributed by atoms with E-state index < -0.39 is 12.8 Å². The molecule has 0 aromatic heterocycles. The average molecular weight is 239 g/mol. The fraction of sp³-hybridized carbons (Fsp3) is 0.417. The molecule has 0 aliphatic carbocycles. The molecule has 2 rings (SSSR count). The molecule has 1 aromatic carbocycles. The van der Waals surface area contributed by atoms with Crippen molar-refractivity contribution in [2.75, 3.05) is 24.7 Å². The highest BCUT2D eigenvalue weighted by molar-refractivity contribution is 5.97. The van der Waals surface area contributed by atoms with E-state index in [0.717, 1.165) is 0 Å². The number of nitrogens with zero attached hydrogens (tertiary/aromatic N) is 1. The summed E-state index contributed by atoms with van der Waals surface area (Å²) in [6, 6.07) is 6.94. The zero-order valence-corrected chi connectivity index (χ0v) is 9.30. The van der Waals surface area contributed by atoms with E-state index in [4.69, 9.17) is 4.74 Å². The lowest BCUT2D eigenvalue weighted by atomic mass is 10.2. The van der Waals surface area contributed by atoms with Gasteiger partial charge in [-0.15, -0.1) is 0 Å². The Kier molecular flexibility index (Phi) is 3.58. The number of benzene rings is 1. The van der Waals surface area contributed by atoms with Gasteiger partial charge in [-0.3, -0.25) is 4.79 Å². The van der Waals surface area contributed by atoms with Gasteiger partial charge in [0.05, 0.1) is 24.8 Å². The molecule has 17 heavy (non-hydrogen) atoms. The predicted octanol–water partition coefficient (Wildman–Crippen LogP) is 1.13. The molecular formula is C12H14FNO3. The van der Waals surface area contributed by atoms with Crippen molar-refractivity contribution in [1.82, 2.24) is 0 Å². The van der Waals surface area contributed by atoms with Crippen molar-refractivity contribution in [2.45, 2.75) is 12.5 Å². The van der Waals surface area contributed by atoms with E-state index in [9.17, 15) is 14.3 Å². The zero-order chi connectivity index (χ0) is 12.3. The van der Waals surface area contributed by atoms with Crippen LogP contribution in [0.1, 0.15) is 6.42 Å². The summed E-state index contributed by atoms with van der Waals surface area (Å²) in [5.41, 5.74) is 0.586. The lowest BCUT2D eigenvalue weighted by Gasteiger charge is -2.19. The van der Waals surface area contributed by atoms with Gasteiger partial charge in [0.1, 0.15) is 19.0 Å². The molecule has 1 aliphatic heterocycles. The topological polar surface area (TPSA) is 49.8 Å². The van der Waals surface area contributed by atoms with E-state index in [1.165, 1.54) is 4.90 Å². The summed E-state index contributed by atoms with van der Waals surface area (Å²) in [6.07, 6.45) is -0.519. The Morgan fingerprint density at radius 3 is 2.88 bits per heavy atom. The normalized spacial score (nSPS) is 19.8. The van der Waals surface area contributed by atoms with Gasteiger partial charge in [-0.25, -0.2) is 4.39 Å². The van der Waals surface area contributed by atoms with Crippen molar-refractivity contribution < 1.29 is 19.0 Å². The van der Waals surface area contributed by atoms with E-state index in [-0.39, 0.29) is 25.5 Å². The number of halogens is 1. The third-order valence-electron chi connectivity index (χ3n) is 2.60. The molecule has 1 amide bonds. The molecule has 4 nitrogen and oxygen atoms in total. The lowest BCUT2D eigenvalue weighted by Crippen LogP contribution is -2.25. The van der Waals surface area contributed by atoms with Crippen LogP contribution >= 0.6 is 0 Å². The summed E-state index contributed by atoms with van der Waals surface area (Å²) < 4.78 is 17.3. The third kappa shape index (κ3) is 2.55. The first-order chi connectivity index (χ1) is 8.22. The number of carbonyl (C=O) groups excluding carboxylic acids is 1. The molecular weight excluding hydrogens is 225 g/mol. The molecule has 1 atom stereocenters. The minimum atomic E-state index is -0.642. The van der Waals surface area contributed by atoms with Gasteiger partial charge in [-0.1, -0.05) is 12.1 Å². The number of hydrogen-bond acceptors (Lipinski definition) is 3. The minimum Gasteiger partial charge on any atom is -0.489 e. The standard InChI is InChI=1S/C12H14FNO3/c13-5-6-17-11-4-2-1-3-10(11)14-8-9(15)7-12(14)16/h1-4,9,15H,5-8H2. The first kappa shape index (κ1) is 11.9. The first-order valence-electron chi connectivity index (χ1n) is 5.48. The monoisotopic (exact) mass is 239 g/mol. The SMILES string of the molecule is O=C1CC(O)CN1c1ccccc1OCCF. The summed E-state index contributed by atoms with van der Waals surface area (Å²) in [6.45, 7) is -0.360. The van der Waals surface area contributed by atoms with Crippen LogP contribution < -0.4 is 9.64 Å². The van der Waals surface area contributed by atoms with Gasteiger partial charge < -0.3 is 14.7 Å². The number of carbonyl (C=O) groups is 1. The van der Waals surface area contributed by atoms with E-state index in [0.29, 0.717) is 11.4 Å². The molecule has 1 unspecified atom stereocenters. The Hall–Kier alpha value is -1.62. The summed E-state index contributed by atoms with van der Waals surface area (Å²) in [4.78, 5) is 13.1. The summed E-state index contributed by atoms with van der Waals surface area (Å²) in [5.74, 6) is 0.321. The second-order valence-corrected chi connectivity index (χ2v) is 3.87. The average Bonchev–Trinajstić information content (AvgIpc) is 2.66. The molecule has 0 saturated carbocycles. The number of hydrogen-bond donors (Lipinski definition) is 1. The second kappa shape index (κ2) is 5.14. The molecule has 1 saturated heterocycles.